The van der Waals surface area contributed by atoms with Crippen molar-refractivity contribution < 1.29 is 13.8 Å². The molecule has 0 aliphatic rings. The highest BCUT2D eigenvalue weighted by Gasteiger charge is 2.19. The minimum Gasteiger partial charge on any atom is -0.383 e. The number of benzene rings is 1. The van der Waals surface area contributed by atoms with Crippen molar-refractivity contribution in [1.82, 2.24) is 10.3 Å². The third-order valence-corrected chi connectivity index (χ3v) is 3.38. The first-order valence-electron chi connectivity index (χ1n) is 5.53. The Morgan fingerprint density at radius 1 is 1.42 bits per heavy atom. The van der Waals surface area contributed by atoms with Crippen LogP contribution in [-0.2, 0) is 10.8 Å². The summed E-state index contributed by atoms with van der Waals surface area (Å²) in [6.45, 7) is 0.597. The molecular formula is C10H12N4O4S. The number of nitro benzene ring substituents is 1. The molecule has 2 aromatic rings. The fourth-order valence-electron chi connectivity index (χ4n) is 1.64. The van der Waals surface area contributed by atoms with E-state index in [1.165, 1.54) is 6.07 Å². The lowest BCUT2D eigenvalue weighted by molar-refractivity contribution is -0.383. The lowest BCUT2D eigenvalue weighted by atomic mass is 10.2. The second-order valence-electron chi connectivity index (χ2n) is 3.91. The zero-order valence-corrected chi connectivity index (χ0v) is 11.0. The van der Waals surface area contributed by atoms with E-state index in [9.17, 15) is 14.3 Å². The summed E-state index contributed by atoms with van der Waals surface area (Å²) < 4.78 is 15.5. The molecule has 1 aromatic heterocycles. The Kier molecular flexibility index (Phi) is 4.05. The molecule has 0 fully saturated rings. The van der Waals surface area contributed by atoms with E-state index in [1.54, 1.807) is 12.3 Å². The van der Waals surface area contributed by atoms with Crippen LogP contribution in [-0.4, -0.2) is 38.0 Å². The van der Waals surface area contributed by atoms with Gasteiger partial charge < -0.3 is 5.32 Å². The monoisotopic (exact) mass is 284 g/mol. The number of hydrogen-bond acceptors (Lipinski definition) is 7. The van der Waals surface area contributed by atoms with Gasteiger partial charge in [-0.15, -0.1) is 0 Å². The van der Waals surface area contributed by atoms with Crippen molar-refractivity contribution in [1.29, 1.82) is 0 Å². The summed E-state index contributed by atoms with van der Waals surface area (Å²) in [5.74, 6) is 0.597. The number of non-ortho nitro benzene ring substituents is 1. The second kappa shape index (κ2) is 5.74. The molecule has 0 radical (unpaired) electrons. The van der Waals surface area contributed by atoms with Crippen molar-refractivity contribution in [2.45, 2.75) is 6.42 Å². The van der Waals surface area contributed by atoms with Gasteiger partial charge in [0.25, 0.3) is 0 Å². The lowest BCUT2D eigenvalue weighted by Gasteiger charge is -2.05. The maximum Gasteiger partial charge on any atom is 0.300 e. The molecule has 0 saturated heterocycles. The molecule has 102 valence electrons. The molecule has 0 amide bonds. The minimum atomic E-state index is -0.828. The normalized spacial score (nSPS) is 12.5. The molecule has 9 heteroatoms. The van der Waals surface area contributed by atoms with Gasteiger partial charge in [-0.2, -0.15) is 0 Å². The molecule has 0 aliphatic heterocycles. The van der Waals surface area contributed by atoms with Crippen molar-refractivity contribution in [3.05, 3.63) is 22.2 Å². The zero-order chi connectivity index (χ0) is 13.8. The number of nitrogens with one attached hydrogen (secondary N) is 1. The second-order valence-corrected chi connectivity index (χ2v) is 5.46. The van der Waals surface area contributed by atoms with Crippen LogP contribution in [0.5, 0.6) is 0 Å². The Balaban J connectivity index is 2.16. The van der Waals surface area contributed by atoms with Crippen LogP contribution >= 0.6 is 0 Å². The Hall–Kier alpha value is -2.03. The third-order valence-electron chi connectivity index (χ3n) is 2.51. The first-order valence-corrected chi connectivity index (χ1v) is 7.26. The number of nitro groups is 1. The van der Waals surface area contributed by atoms with Crippen LogP contribution in [0.3, 0.4) is 0 Å². The van der Waals surface area contributed by atoms with E-state index < -0.39 is 15.7 Å². The summed E-state index contributed by atoms with van der Waals surface area (Å²) in [6.07, 6.45) is 2.37. The van der Waals surface area contributed by atoms with Crippen LogP contribution in [0.2, 0.25) is 0 Å². The van der Waals surface area contributed by atoms with Crippen LogP contribution in [0.15, 0.2) is 16.8 Å². The molecule has 2 rings (SSSR count). The highest BCUT2D eigenvalue weighted by atomic mass is 32.2. The number of fused-ring (bicyclic) bond motifs is 1. The minimum absolute atomic E-state index is 0.120. The van der Waals surface area contributed by atoms with E-state index in [4.69, 9.17) is 0 Å². The van der Waals surface area contributed by atoms with Crippen LogP contribution < -0.4 is 5.32 Å². The molecule has 1 unspecified atom stereocenters. The fraction of sp³-hybridized carbons (Fsp3) is 0.400. The number of rotatable bonds is 6. The number of hydrogen-bond donors (Lipinski definition) is 1. The van der Waals surface area contributed by atoms with Gasteiger partial charge in [-0.05, 0) is 22.8 Å². The average Bonchev–Trinajstić information content (AvgIpc) is 2.83. The van der Waals surface area contributed by atoms with E-state index in [1.807, 2.05) is 0 Å². The van der Waals surface area contributed by atoms with Gasteiger partial charge >= 0.3 is 5.69 Å². The van der Waals surface area contributed by atoms with Gasteiger partial charge in [-0.25, -0.2) is 4.63 Å². The first kappa shape index (κ1) is 13.4. The Labute approximate surface area is 110 Å². The average molecular weight is 284 g/mol. The molecule has 0 aliphatic carbocycles. The third kappa shape index (κ3) is 3.05. The Morgan fingerprint density at radius 3 is 2.84 bits per heavy atom. The Bertz CT molecular complexity index is 627. The van der Waals surface area contributed by atoms with Crippen LogP contribution in [0.4, 0.5) is 11.4 Å². The van der Waals surface area contributed by atoms with Crippen molar-refractivity contribution in [3.63, 3.8) is 0 Å². The number of aromatic nitrogens is 2. The molecule has 1 aromatic carbocycles. The molecule has 0 saturated carbocycles. The van der Waals surface area contributed by atoms with Gasteiger partial charge in [0, 0.05) is 35.4 Å². The summed E-state index contributed by atoms with van der Waals surface area (Å²) in [4.78, 5) is 10.3. The Morgan fingerprint density at radius 2 is 2.16 bits per heavy atom. The van der Waals surface area contributed by atoms with Gasteiger partial charge in [0.05, 0.1) is 10.6 Å². The van der Waals surface area contributed by atoms with E-state index in [0.717, 1.165) is 6.42 Å². The van der Waals surface area contributed by atoms with Crippen LogP contribution in [0.25, 0.3) is 11.0 Å². The fourth-order valence-corrected chi connectivity index (χ4v) is 2.19. The van der Waals surface area contributed by atoms with Crippen molar-refractivity contribution in [2.75, 3.05) is 23.9 Å². The molecule has 1 atom stereocenters. The molecule has 0 spiro atoms. The maximum atomic E-state index is 10.9. The molecule has 1 N–H and O–H groups in total. The SMILES string of the molecule is CS(=O)CCCNc1ccc([N+](=O)[O-])c2nonc12. The summed E-state index contributed by atoms with van der Waals surface area (Å²) >= 11 is 0. The smallest absolute Gasteiger partial charge is 0.300 e. The van der Waals surface area contributed by atoms with Crippen LogP contribution in [0.1, 0.15) is 6.42 Å². The highest BCUT2D eigenvalue weighted by Crippen LogP contribution is 2.28. The summed E-state index contributed by atoms with van der Waals surface area (Å²) in [6, 6.07) is 2.92. The van der Waals surface area contributed by atoms with E-state index in [0.29, 0.717) is 23.5 Å². The lowest BCUT2D eigenvalue weighted by Crippen LogP contribution is -2.06. The van der Waals surface area contributed by atoms with Gasteiger partial charge in [-0.1, -0.05) is 0 Å². The van der Waals surface area contributed by atoms with Gasteiger partial charge in [-0.3, -0.25) is 14.3 Å². The maximum absolute atomic E-state index is 10.9. The van der Waals surface area contributed by atoms with Crippen LogP contribution in [0, 0.1) is 10.1 Å². The molecule has 8 nitrogen and oxygen atoms in total. The van der Waals surface area contributed by atoms with Gasteiger partial charge in [0.15, 0.2) is 5.52 Å². The van der Waals surface area contributed by atoms with Crippen molar-refractivity contribution in [2.24, 2.45) is 0 Å². The predicted molar refractivity (Wildman–Crippen MR) is 70.5 cm³/mol. The van der Waals surface area contributed by atoms with E-state index in [-0.39, 0.29) is 11.2 Å². The molecule has 1 heterocycles. The standard InChI is InChI=1S/C10H12N4O4S/c1-19(17)6-2-5-11-7-3-4-8(14(15)16)10-9(7)12-18-13-10/h3-4,11H,2,5-6H2,1H3. The summed E-state index contributed by atoms with van der Waals surface area (Å²) in [7, 11) is -0.828. The summed E-state index contributed by atoms with van der Waals surface area (Å²) in [5.41, 5.74) is 0.918. The zero-order valence-electron chi connectivity index (χ0n) is 10.2. The quantitative estimate of drug-likeness (QED) is 0.483. The topological polar surface area (TPSA) is 111 Å². The van der Waals surface area contributed by atoms with Gasteiger partial charge in [0.1, 0.15) is 0 Å². The van der Waals surface area contributed by atoms with E-state index in [2.05, 4.69) is 20.3 Å². The number of anilines is 1. The van der Waals surface area contributed by atoms with Crippen molar-refractivity contribution >= 4 is 33.2 Å². The molecular weight excluding hydrogens is 272 g/mol. The van der Waals surface area contributed by atoms with Gasteiger partial charge in [0.2, 0.25) is 5.52 Å². The predicted octanol–water partition coefficient (Wildman–Crippen LogP) is 1.31. The first-order chi connectivity index (χ1) is 9.09. The van der Waals surface area contributed by atoms with Crippen molar-refractivity contribution in [3.8, 4) is 0 Å². The highest BCUT2D eigenvalue weighted by molar-refractivity contribution is 7.84. The molecule has 0 bridgehead atoms. The van der Waals surface area contributed by atoms with E-state index >= 15 is 0 Å². The molecule has 19 heavy (non-hydrogen) atoms. The largest absolute Gasteiger partial charge is 0.383 e. The summed E-state index contributed by atoms with van der Waals surface area (Å²) in [5, 5.41) is 21.1. The number of nitrogens with zero attached hydrogens (tertiary/aromatic N) is 3.